The molecule has 0 spiro atoms. The van der Waals surface area contributed by atoms with Crippen LogP contribution >= 0.6 is 11.6 Å². The number of nitrogens with zero attached hydrogens (tertiary/aromatic N) is 1. The van der Waals surface area contributed by atoms with Crippen molar-refractivity contribution in [1.29, 1.82) is 0 Å². The second-order valence-electron chi connectivity index (χ2n) is 6.27. The van der Waals surface area contributed by atoms with Crippen LogP contribution in [0.4, 0.5) is 5.69 Å². The Bertz CT molecular complexity index is 917. The van der Waals surface area contributed by atoms with Gasteiger partial charge in [0, 0.05) is 22.3 Å². The minimum atomic E-state index is -0.0511. The molecule has 4 rings (SSSR count). The van der Waals surface area contributed by atoms with Gasteiger partial charge in [-0.1, -0.05) is 23.7 Å². The first-order chi connectivity index (χ1) is 12.7. The van der Waals surface area contributed by atoms with E-state index in [0.717, 1.165) is 24.1 Å². The van der Waals surface area contributed by atoms with E-state index in [9.17, 15) is 4.79 Å². The molecule has 0 atom stereocenters. The average Bonchev–Trinajstić information content (AvgIpc) is 3.35. The number of oxazole rings is 1. The maximum absolute atomic E-state index is 12.3. The van der Waals surface area contributed by atoms with Crippen molar-refractivity contribution in [3.05, 3.63) is 71.2 Å². The first-order valence-electron chi connectivity index (χ1n) is 8.53. The third-order valence-corrected chi connectivity index (χ3v) is 4.45. The quantitative estimate of drug-likeness (QED) is 0.673. The number of carbonyl (C=O) groups excluding carboxylic acids is 1. The molecule has 1 heterocycles. The summed E-state index contributed by atoms with van der Waals surface area (Å²) in [5, 5.41) is 6.93. The largest absolute Gasteiger partial charge is 0.439 e. The van der Waals surface area contributed by atoms with Crippen LogP contribution in [0.25, 0.3) is 11.3 Å². The van der Waals surface area contributed by atoms with E-state index in [2.05, 4.69) is 15.6 Å². The number of halogens is 1. The molecule has 1 aromatic heterocycles. The molecule has 0 unspecified atom stereocenters. The van der Waals surface area contributed by atoms with E-state index in [1.807, 2.05) is 48.5 Å². The highest BCUT2D eigenvalue weighted by molar-refractivity contribution is 6.30. The fourth-order valence-corrected chi connectivity index (χ4v) is 2.76. The van der Waals surface area contributed by atoms with Gasteiger partial charge in [-0.05, 0) is 49.2 Å². The standard InChI is InChI=1S/C20H18ClN3O2/c21-14-7-5-13(6-8-14)18-11-23-19(26-18)12-22-17-4-2-1-3-16(17)20(25)24-15-9-10-15/h1-8,11,15,22H,9-10,12H2,(H,24,25). The van der Waals surface area contributed by atoms with Gasteiger partial charge in [-0.15, -0.1) is 0 Å². The summed E-state index contributed by atoms with van der Waals surface area (Å²) in [7, 11) is 0. The zero-order valence-corrected chi connectivity index (χ0v) is 14.8. The summed E-state index contributed by atoms with van der Waals surface area (Å²) < 4.78 is 5.79. The molecule has 5 nitrogen and oxygen atoms in total. The van der Waals surface area contributed by atoms with Gasteiger partial charge >= 0.3 is 0 Å². The van der Waals surface area contributed by atoms with Crippen LogP contribution < -0.4 is 10.6 Å². The molecule has 1 saturated carbocycles. The molecule has 0 radical (unpaired) electrons. The van der Waals surface area contributed by atoms with E-state index in [1.54, 1.807) is 6.20 Å². The summed E-state index contributed by atoms with van der Waals surface area (Å²) in [4.78, 5) is 16.6. The zero-order valence-electron chi connectivity index (χ0n) is 14.0. The number of aromatic nitrogens is 1. The van der Waals surface area contributed by atoms with E-state index >= 15 is 0 Å². The fourth-order valence-electron chi connectivity index (χ4n) is 2.64. The van der Waals surface area contributed by atoms with Gasteiger partial charge in [0.1, 0.15) is 0 Å². The Kier molecular flexibility index (Phi) is 4.63. The molecule has 1 fully saturated rings. The lowest BCUT2D eigenvalue weighted by atomic mass is 10.1. The van der Waals surface area contributed by atoms with Gasteiger partial charge in [0.2, 0.25) is 5.89 Å². The number of hydrogen-bond donors (Lipinski definition) is 2. The van der Waals surface area contributed by atoms with Gasteiger partial charge in [0.25, 0.3) is 5.91 Å². The number of para-hydroxylation sites is 1. The fraction of sp³-hybridized carbons (Fsp3) is 0.200. The topological polar surface area (TPSA) is 67.2 Å². The van der Waals surface area contributed by atoms with Crippen LogP contribution in [0.1, 0.15) is 29.1 Å². The molecule has 1 amide bonds. The summed E-state index contributed by atoms with van der Waals surface area (Å²) in [6, 6.07) is 15.2. The lowest BCUT2D eigenvalue weighted by molar-refractivity contribution is 0.0952. The average molecular weight is 368 g/mol. The third kappa shape index (κ3) is 3.89. The van der Waals surface area contributed by atoms with Crippen LogP contribution in [0.15, 0.2) is 59.1 Å². The van der Waals surface area contributed by atoms with Crippen LogP contribution in [0.2, 0.25) is 5.02 Å². The number of carbonyl (C=O) groups is 1. The van der Waals surface area contributed by atoms with Crippen LogP contribution in [-0.4, -0.2) is 16.9 Å². The molecular formula is C20H18ClN3O2. The molecule has 0 saturated heterocycles. The Morgan fingerprint density at radius 1 is 1.15 bits per heavy atom. The second kappa shape index (κ2) is 7.22. The molecule has 2 aromatic carbocycles. The number of nitrogens with one attached hydrogen (secondary N) is 2. The van der Waals surface area contributed by atoms with Crippen molar-refractivity contribution in [2.45, 2.75) is 25.4 Å². The predicted molar refractivity (Wildman–Crippen MR) is 101 cm³/mol. The predicted octanol–water partition coefficient (Wildman–Crippen LogP) is 4.50. The van der Waals surface area contributed by atoms with Crippen molar-refractivity contribution < 1.29 is 9.21 Å². The molecule has 0 aliphatic heterocycles. The van der Waals surface area contributed by atoms with Crippen molar-refractivity contribution in [3.8, 4) is 11.3 Å². The Balaban J connectivity index is 1.44. The highest BCUT2D eigenvalue weighted by Crippen LogP contribution is 2.24. The Hall–Kier alpha value is -2.79. The van der Waals surface area contributed by atoms with Crippen LogP contribution in [0, 0.1) is 0 Å². The smallest absolute Gasteiger partial charge is 0.253 e. The second-order valence-corrected chi connectivity index (χ2v) is 6.71. The highest BCUT2D eigenvalue weighted by Gasteiger charge is 2.24. The van der Waals surface area contributed by atoms with Crippen molar-refractivity contribution >= 4 is 23.2 Å². The van der Waals surface area contributed by atoms with Gasteiger partial charge < -0.3 is 15.1 Å². The van der Waals surface area contributed by atoms with Crippen molar-refractivity contribution in [3.63, 3.8) is 0 Å². The highest BCUT2D eigenvalue weighted by atomic mass is 35.5. The van der Waals surface area contributed by atoms with E-state index < -0.39 is 0 Å². The molecule has 0 bridgehead atoms. The number of amides is 1. The number of anilines is 1. The van der Waals surface area contributed by atoms with Gasteiger partial charge in [0.15, 0.2) is 5.76 Å². The summed E-state index contributed by atoms with van der Waals surface area (Å²) in [5.41, 5.74) is 2.30. The molecule has 3 aromatic rings. The molecule has 1 aliphatic rings. The van der Waals surface area contributed by atoms with Crippen molar-refractivity contribution in [2.75, 3.05) is 5.32 Å². The van der Waals surface area contributed by atoms with E-state index in [-0.39, 0.29) is 5.91 Å². The summed E-state index contributed by atoms with van der Waals surface area (Å²) in [5.74, 6) is 1.18. The summed E-state index contributed by atoms with van der Waals surface area (Å²) in [6.07, 6.45) is 3.81. The monoisotopic (exact) mass is 367 g/mol. The summed E-state index contributed by atoms with van der Waals surface area (Å²) in [6.45, 7) is 0.390. The zero-order chi connectivity index (χ0) is 17.9. The molecular weight excluding hydrogens is 350 g/mol. The van der Waals surface area contributed by atoms with Gasteiger partial charge in [0.05, 0.1) is 18.3 Å². The van der Waals surface area contributed by atoms with E-state index in [1.165, 1.54) is 0 Å². The van der Waals surface area contributed by atoms with Crippen molar-refractivity contribution in [2.24, 2.45) is 0 Å². The molecule has 6 heteroatoms. The summed E-state index contributed by atoms with van der Waals surface area (Å²) >= 11 is 5.91. The third-order valence-electron chi connectivity index (χ3n) is 4.20. The van der Waals surface area contributed by atoms with E-state index in [4.69, 9.17) is 16.0 Å². The SMILES string of the molecule is O=C(NC1CC1)c1ccccc1NCc1ncc(-c2ccc(Cl)cc2)o1. The van der Waals surface area contributed by atoms with Gasteiger partial charge in [-0.2, -0.15) is 0 Å². The Morgan fingerprint density at radius 3 is 2.69 bits per heavy atom. The lowest BCUT2D eigenvalue weighted by Gasteiger charge is -2.10. The minimum Gasteiger partial charge on any atom is -0.439 e. The van der Waals surface area contributed by atoms with E-state index in [0.29, 0.717) is 34.8 Å². The molecule has 1 aliphatic carbocycles. The maximum atomic E-state index is 12.3. The minimum absolute atomic E-state index is 0.0511. The maximum Gasteiger partial charge on any atom is 0.253 e. The normalized spacial score (nSPS) is 13.4. The number of hydrogen-bond acceptors (Lipinski definition) is 4. The van der Waals surface area contributed by atoms with Crippen LogP contribution in [0.5, 0.6) is 0 Å². The van der Waals surface area contributed by atoms with Gasteiger partial charge in [-0.25, -0.2) is 4.98 Å². The van der Waals surface area contributed by atoms with Crippen LogP contribution in [0.3, 0.4) is 0 Å². The lowest BCUT2D eigenvalue weighted by Crippen LogP contribution is -2.26. The van der Waals surface area contributed by atoms with Crippen LogP contribution in [-0.2, 0) is 6.54 Å². The Labute approximate surface area is 156 Å². The first kappa shape index (κ1) is 16.7. The molecule has 26 heavy (non-hydrogen) atoms. The van der Waals surface area contributed by atoms with Gasteiger partial charge in [-0.3, -0.25) is 4.79 Å². The first-order valence-corrected chi connectivity index (χ1v) is 8.91. The molecule has 2 N–H and O–H groups in total. The number of benzene rings is 2. The van der Waals surface area contributed by atoms with Crippen molar-refractivity contribution in [1.82, 2.24) is 10.3 Å². The number of rotatable bonds is 6. The Morgan fingerprint density at radius 2 is 1.92 bits per heavy atom. The molecule has 132 valence electrons.